The van der Waals surface area contributed by atoms with Gasteiger partial charge in [0.2, 0.25) is 0 Å². The molecule has 0 bridgehead atoms. The van der Waals surface area contributed by atoms with E-state index >= 15 is 0 Å². The van der Waals surface area contributed by atoms with Crippen molar-refractivity contribution in [2.24, 2.45) is 0 Å². The van der Waals surface area contributed by atoms with Crippen molar-refractivity contribution in [2.75, 3.05) is 32.8 Å². The predicted octanol–water partition coefficient (Wildman–Crippen LogP) is 5.25. The van der Waals surface area contributed by atoms with Crippen molar-refractivity contribution in [3.8, 4) is 22.8 Å². The molecule has 8 nitrogen and oxygen atoms in total. The summed E-state index contributed by atoms with van der Waals surface area (Å²) >= 11 is 0. The molecule has 14 heteroatoms. The Hall–Kier alpha value is -4.46. The Morgan fingerprint density at radius 3 is 2.12 bits per heavy atom. The van der Waals surface area contributed by atoms with Crippen LogP contribution in [0.3, 0.4) is 0 Å². The number of carbonyl (C=O) groups is 1. The van der Waals surface area contributed by atoms with Gasteiger partial charge in [0.25, 0.3) is 5.91 Å². The number of ether oxygens (including phenoxy) is 1. The summed E-state index contributed by atoms with van der Waals surface area (Å²) in [7, 11) is 0. The summed E-state index contributed by atoms with van der Waals surface area (Å²) in [6.45, 7) is 1.48. The summed E-state index contributed by atoms with van der Waals surface area (Å²) in [5, 5.41) is 8.00. The molecule has 0 saturated carbocycles. The van der Waals surface area contributed by atoms with Crippen molar-refractivity contribution in [1.29, 1.82) is 0 Å². The fraction of sp³-hybridized carbons (Fsp3) is 0.286. The van der Waals surface area contributed by atoms with E-state index in [0.717, 1.165) is 17.7 Å². The van der Waals surface area contributed by atoms with E-state index in [0.29, 0.717) is 55.4 Å². The summed E-state index contributed by atoms with van der Waals surface area (Å²) in [5.74, 6) is -0.0249. The molecule has 1 amide bonds. The second kappa shape index (κ2) is 11.8. The second-order valence-electron chi connectivity index (χ2n) is 9.64. The quantitative estimate of drug-likeness (QED) is 0.274. The highest BCUT2D eigenvalue weighted by molar-refractivity contribution is 5.94. The van der Waals surface area contributed by atoms with Crippen molar-refractivity contribution >= 4 is 5.91 Å². The van der Waals surface area contributed by atoms with Gasteiger partial charge in [-0.2, -0.15) is 26.3 Å². The number of alkyl halides is 6. The van der Waals surface area contributed by atoms with E-state index < -0.39 is 24.5 Å². The molecule has 3 heterocycles. The Morgan fingerprint density at radius 2 is 1.52 bits per heavy atom. The largest absolute Gasteiger partial charge is 0.484 e. The van der Waals surface area contributed by atoms with Crippen LogP contribution in [-0.4, -0.2) is 74.6 Å². The van der Waals surface area contributed by atoms with Crippen LogP contribution in [0.15, 0.2) is 73.1 Å². The number of piperazine rings is 1. The number of amides is 1. The summed E-state index contributed by atoms with van der Waals surface area (Å²) in [6.07, 6.45) is -5.84. The molecule has 0 aliphatic carbocycles. The van der Waals surface area contributed by atoms with Gasteiger partial charge in [-0.05, 0) is 54.1 Å². The molecule has 0 atom stereocenters. The Kier molecular flexibility index (Phi) is 8.16. The maximum absolute atomic E-state index is 13.0. The topological polar surface area (TPSA) is 76.4 Å². The van der Waals surface area contributed by atoms with Crippen LogP contribution in [0.5, 0.6) is 5.75 Å². The van der Waals surface area contributed by atoms with Crippen molar-refractivity contribution in [1.82, 2.24) is 29.8 Å². The van der Waals surface area contributed by atoms with E-state index in [-0.39, 0.29) is 11.7 Å². The van der Waals surface area contributed by atoms with E-state index in [1.165, 1.54) is 41.3 Å². The molecule has 220 valence electrons. The fourth-order valence-corrected chi connectivity index (χ4v) is 4.39. The van der Waals surface area contributed by atoms with Gasteiger partial charge in [0.05, 0.1) is 28.7 Å². The Balaban J connectivity index is 1.13. The van der Waals surface area contributed by atoms with Gasteiger partial charge in [-0.1, -0.05) is 17.3 Å². The number of nitrogens with zero attached hydrogens (tertiary/aromatic N) is 6. The summed E-state index contributed by atoms with van der Waals surface area (Å²) in [6, 6.07) is 14.2. The van der Waals surface area contributed by atoms with Crippen molar-refractivity contribution in [3.63, 3.8) is 0 Å². The van der Waals surface area contributed by atoms with Gasteiger partial charge >= 0.3 is 12.4 Å². The fourth-order valence-electron chi connectivity index (χ4n) is 4.39. The van der Waals surface area contributed by atoms with Gasteiger partial charge in [-0.3, -0.25) is 14.7 Å². The van der Waals surface area contributed by atoms with Gasteiger partial charge in [-0.15, -0.1) is 5.10 Å². The molecule has 42 heavy (non-hydrogen) atoms. The number of aromatic nitrogens is 4. The molecule has 4 aromatic rings. The zero-order valence-electron chi connectivity index (χ0n) is 21.9. The second-order valence-corrected chi connectivity index (χ2v) is 9.64. The molecular formula is C28H24F6N6O2. The average molecular weight is 591 g/mol. The zero-order valence-corrected chi connectivity index (χ0v) is 21.9. The van der Waals surface area contributed by atoms with Crippen LogP contribution in [0.25, 0.3) is 17.1 Å². The minimum absolute atomic E-state index is 0.148. The van der Waals surface area contributed by atoms with Crippen LogP contribution in [0.4, 0.5) is 26.3 Å². The minimum atomic E-state index is -4.43. The van der Waals surface area contributed by atoms with Gasteiger partial charge in [0.1, 0.15) is 11.4 Å². The Labute approximate surface area is 236 Å². The van der Waals surface area contributed by atoms with E-state index in [9.17, 15) is 31.1 Å². The smallest absolute Gasteiger partial charge is 0.422 e. The number of carbonyl (C=O) groups excluding carboxylic acids is 1. The first-order valence-corrected chi connectivity index (χ1v) is 12.8. The number of benzene rings is 2. The SMILES string of the molecule is O=C(c1ccc(-c2cn(-c3ccc(C(F)(F)F)cc3)nn2)nc1)N1CCN(Cc2ccc(OCC(F)(F)F)cc2)CC1. The molecule has 0 unspecified atom stereocenters. The first-order valence-electron chi connectivity index (χ1n) is 12.8. The normalized spacial score (nSPS) is 14.7. The summed E-state index contributed by atoms with van der Waals surface area (Å²) in [5.41, 5.74) is 1.80. The third-order valence-electron chi connectivity index (χ3n) is 6.62. The van der Waals surface area contributed by atoms with Gasteiger partial charge in [0.15, 0.2) is 6.61 Å². The van der Waals surface area contributed by atoms with Gasteiger partial charge in [-0.25, -0.2) is 4.68 Å². The zero-order chi connectivity index (χ0) is 29.9. The van der Waals surface area contributed by atoms with E-state index in [1.807, 2.05) is 0 Å². The lowest BCUT2D eigenvalue weighted by Crippen LogP contribution is -2.48. The number of rotatable bonds is 7. The van der Waals surface area contributed by atoms with E-state index in [1.54, 1.807) is 29.2 Å². The molecule has 0 radical (unpaired) electrons. The molecule has 1 aliphatic heterocycles. The third kappa shape index (κ3) is 7.24. The van der Waals surface area contributed by atoms with Crippen molar-refractivity contribution in [2.45, 2.75) is 18.9 Å². The summed E-state index contributed by atoms with van der Waals surface area (Å²) < 4.78 is 81.4. The lowest BCUT2D eigenvalue weighted by atomic mass is 10.1. The molecule has 1 saturated heterocycles. The maximum atomic E-state index is 13.0. The van der Waals surface area contributed by atoms with E-state index in [4.69, 9.17) is 4.74 Å². The predicted molar refractivity (Wildman–Crippen MR) is 139 cm³/mol. The highest BCUT2D eigenvalue weighted by Gasteiger charge is 2.30. The number of pyridine rings is 1. The van der Waals surface area contributed by atoms with Crippen LogP contribution in [-0.2, 0) is 12.7 Å². The van der Waals surface area contributed by atoms with Crippen LogP contribution in [0.2, 0.25) is 0 Å². The first kappa shape index (κ1) is 29.0. The minimum Gasteiger partial charge on any atom is -0.484 e. The van der Waals surface area contributed by atoms with Crippen LogP contribution < -0.4 is 4.74 Å². The summed E-state index contributed by atoms with van der Waals surface area (Å²) in [4.78, 5) is 21.2. The van der Waals surface area contributed by atoms with Crippen molar-refractivity contribution in [3.05, 3.63) is 89.7 Å². The Bertz CT molecular complexity index is 1490. The molecule has 1 aliphatic rings. The highest BCUT2D eigenvalue weighted by atomic mass is 19.4. The van der Waals surface area contributed by atoms with Crippen molar-refractivity contribution < 1.29 is 35.9 Å². The van der Waals surface area contributed by atoms with E-state index in [2.05, 4.69) is 20.2 Å². The van der Waals surface area contributed by atoms with Gasteiger partial charge < -0.3 is 9.64 Å². The molecule has 2 aromatic heterocycles. The number of halogens is 6. The number of hydrogen-bond acceptors (Lipinski definition) is 6. The number of hydrogen-bond donors (Lipinski definition) is 0. The molecule has 2 aromatic carbocycles. The first-order chi connectivity index (χ1) is 19.9. The van der Waals surface area contributed by atoms with Crippen LogP contribution >= 0.6 is 0 Å². The lowest BCUT2D eigenvalue weighted by molar-refractivity contribution is -0.153. The van der Waals surface area contributed by atoms with Crippen LogP contribution in [0.1, 0.15) is 21.5 Å². The van der Waals surface area contributed by atoms with Crippen LogP contribution in [0, 0.1) is 0 Å². The Morgan fingerprint density at radius 1 is 0.833 bits per heavy atom. The molecular weight excluding hydrogens is 566 g/mol. The standard InChI is InChI=1S/C28H24F6N6O2/c29-27(30,31)18-42-23-8-1-19(2-9-23)16-38-11-13-39(14-12-38)26(41)20-3-10-24(35-15-20)25-17-40(37-36-25)22-6-4-21(5-7-22)28(32,33)34/h1-10,15,17H,11-14,16,18H2. The monoisotopic (exact) mass is 590 g/mol. The molecule has 1 fully saturated rings. The average Bonchev–Trinajstić information content (AvgIpc) is 3.47. The highest BCUT2D eigenvalue weighted by Crippen LogP contribution is 2.29. The van der Waals surface area contributed by atoms with Gasteiger partial charge in [0, 0.05) is 38.9 Å². The molecule has 0 spiro atoms. The molecule has 5 rings (SSSR count). The lowest BCUT2D eigenvalue weighted by Gasteiger charge is -2.34. The molecule has 0 N–H and O–H groups in total. The maximum Gasteiger partial charge on any atom is 0.422 e. The third-order valence-corrected chi connectivity index (χ3v) is 6.62.